The van der Waals surface area contributed by atoms with Crippen LogP contribution in [0.5, 0.6) is 0 Å². The van der Waals surface area contributed by atoms with Gasteiger partial charge in [0, 0.05) is 6.04 Å². The quantitative estimate of drug-likeness (QED) is 0.589. The zero-order valence-corrected chi connectivity index (χ0v) is 8.48. The first-order valence-corrected chi connectivity index (χ1v) is 5.14. The van der Waals surface area contributed by atoms with E-state index in [0.717, 1.165) is 19.3 Å². The van der Waals surface area contributed by atoms with E-state index in [1.54, 1.807) is 13.8 Å². The van der Waals surface area contributed by atoms with Crippen LogP contribution in [0.25, 0.3) is 0 Å². The standard InChI is InChI=1S/C10H21NO2/c1-6(12)9-4-3-8(11)5-10(9)7(2)13/h6-10,12-13H,3-5,11H2,1-2H3. The number of hydrogen-bond acceptors (Lipinski definition) is 3. The van der Waals surface area contributed by atoms with Gasteiger partial charge in [-0.2, -0.15) is 0 Å². The average molecular weight is 187 g/mol. The minimum Gasteiger partial charge on any atom is -0.393 e. The first kappa shape index (κ1) is 11.0. The summed E-state index contributed by atoms with van der Waals surface area (Å²) in [6.45, 7) is 3.59. The molecule has 3 heteroatoms. The van der Waals surface area contributed by atoms with Gasteiger partial charge in [-0.05, 0) is 44.9 Å². The molecule has 0 spiro atoms. The predicted molar refractivity (Wildman–Crippen MR) is 52.2 cm³/mol. The fourth-order valence-corrected chi connectivity index (χ4v) is 2.42. The molecule has 5 atom stereocenters. The third kappa shape index (κ3) is 2.66. The van der Waals surface area contributed by atoms with E-state index in [4.69, 9.17) is 5.73 Å². The molecule has 0 heterocycles. The van der Waals surface area contributed by atoms with Gasteiger partial charge in [0.05, 0.1) is 12.2 Å². The number of rotatable bonds is 2. The monoisotopic (exact) mass is 187 g/mol. The third-order valence-corrected chi connectivity index (χ3v) is 3.23. The molecule has 0 aromatic carbocycles. The van der Waals surface area contributed by atoms with Gasteiger partial charge in [-0.15, -0.1) is 0 Å². The molecule has 3 nitrogen and oxygen atoms in total. The number of hydrogen-bond donors (Lipinski definition) is 3. The molecule has 4 N–H and O–H groups in total. The summed E-state index contributed by atoms with van der Waals surface area (Å²) in [5.41, 5.74) is 5.83. The van der Waals surface area contributed by atoms with Gasteiger partial charge in [-0.1, -0.05) is 0 Å². The van der Waals surface area contributed by atoms with Crippen LogP contribution in [0.4, 0.5) is 0 Å². The highest BCUT2D eigenvalue weighted by Crippen LogP contribution is 2.33. The molecule has 1 fully saturated rings. The Morgan fingerprint density at radius 1 is 1.08 bits per heavy atom. The molecular formula is C10H21NO2. The van der Waals surface area contributed by atoms with Crippen molar-refractivity contribution >= 4 is 0 Å². The molecule has 0 aromatic heterocycles. The molecule has 1 saturated carbocycles. The Bertz CT molecular complexity index is 159. The molecule has 0 radical (unpaired) electrons. The van der Waals surface area contributed by atoms with Crippen LogP contribution < -0.4 is 5.73 Å². The van der Waals surface area contributed by atoms with E-state index in [0.29, 0.717) is 0 Å². The Balaban J connectivity index is 2.60. The Labute approximate surface area is 79.9 Å². The van der Waals surface area contributed by atoms with E-state index in [-0.39, 0.29) is 30.1 Å². The molecule has 1 rings (SSSR count). The van der Waals surface area contributed by atoms with Gasteiger partial charge in [0.1, 0.15) is 0 Å². The summed E-state index contributed by atoms with van der Waals surface area (Å²) in [6.07, 6.45) is 2.07. The van der Waals surface area contributed by atoms with Crippen LogP contribution in [-0.2, 0) is 0 Å². The highest BCUT2D eigenvalue weighted by atomic mass is 16.3. The van der Waals surface area contributed by atoms with Crippen molar-refractivity contribution in [2.45, 2.75) is 51.4 Å². The summed E-state index contributed by atoms with van der Waals surface area (Å²) in [4.78, 5) is 0. The van der Waals surface area contributed by atoms with Crippen LogP contribution >= 0.6 is 0 Å². The Morgan fingerprint density at radius 2 is 1.62 bits per heavy atom. The summed E-state index contributed by atoms with van der Waals surface area (Å²) in [5.74, 6) is 0.392. The van der Waals surface area contributed by atoms with Crippen molar-refractivity contribution in [1.82, 2.24) is 0 Å². The average Bonchev–Trinajstić information content (AvgIpc) is 2.03. The summed E-state index contributed by atoms with van der Waals surface area (Å²) in [6, 6.07) is 0.203. The highest BCUT2D eigenvalue weighted by molar-refractivity contribution is 4.86. The van der Waals surface area contributed by atoms with E-state index in [9.17, 15) is 10.2 Å². The van der Waals surface area contributed by atoms with Gasteiger partial charge in [0.25, 0.3) is 0 Å². The Kier molecular flexibility index (Phi) is 3.71. The lowest BCUT2D eigenvalue weighted by Gasteiger charge is -2.38. The van der Waals surface area contributed by atoms with Crippen LogP contribution in [0.1, 0.15) is 33.1 Å². The SMILES string of the molecule is CC(O)C1CCC(N)CC1C(C)O. The van der Waals surface area contributed by atoms with Gasteiger partial charge < -0.3 is 15.9 Å². The molecule has 0 aliphatic heterocycles. The first-order chi connectivity index (χ1) is 6.02. The lowest BCUT2D eigenvalue weighted by atomic mass is 9.72. The van der Waals surface area contributed by atoms with Crippen LogP contribution in [0, 0.1) is 11.8 Å². The molecule has 0 saturated heterocycles. The van der Waals surface area contributed by atoms with Gasteiger partial charge in [0.2, 0.25) is 0 Å². The first-order valence-electron chi connectivity index (χ1n) is 5.14. The second kappa shape index (κ2) is 4.40. The summed E-state index contributed by atoms with van der Waals surface area (Å²) >= 11 is 0. The molecular weight excluding hydrogens is 166 g/mol. The van der Waals surface area contributed by atoms with Crippen LogP contribution in [0.2, 0.25) is 0 Å². The summed E-state index contributed by atoms with van der Waals surface area (Å²) < 4.78 is 0. The maximum atomic E-state index is 9.55. The highest BCUT2D eigenvalue weighted by Gasteiger charge is 2.34. The molecule has 78 valence electrons. The summed E-state index contributed by atoms with van der Waals surface area (Å²) in [7, 11) is 0. The van der Waals surface area contributed by atoms with Crippen molar-refractivity contribution in [2.75, 3.05) is 0 Å². The fraction of sp³-hybridized carbons (Fsp3) is 1.00. The van der Waals surface area contributed by atoms with E-state index >= 15 is 0 Å². The summed E-state index contributed by atoms with van der Waals surface area (Å²) in [5, 5.41) is 19.1. The van der Waals surface area contributed by atoms with E-state index < -0.39 is 0 Å². The minimum atomic E-state index is -0.356. The Morgan fingerprint density at radius 3 is 2.08 bits per heavy atom. The number of aliphatic hydroxyl groups excluding tert-OH is 2. The lowest BCUT2D eigenvalue weighted by Crippen LogP contribution is -2.42. The van der Waals surface area contributed by atoms with Crippen molar-refractivity contribution in [3.05, 3.63) is 0 Å². The predicted octanol–water partition coefficient (Wildman–Crippen LogP) is 0.492. The van der Waals surface area contributed by atoms with Crippen LogP contribution in [0.15, 0.2) is 0 Å². The minimum absolute atomic E-state index is 0.170. The van der Waals surface area contributed by atoms with E-state index in [1.165, 1.54) is 0 Å². The maximum absolute atomic E-state index is 9.55. The molecule has 0 aromatic rings. The largest absolute Gasteiger partial charge is 0.393 e. The van der Waals surface area contributed by atoms with Crippen molar-refractivity contribution < 1.29 is 10.2 Å². The zero-order chi connectivity index (χ0) is 10.0. The fourth-order valence-electron chi connectivity index (χ4n) is 2.42. The maximum Gasteiger partial charge on any atom is 0.0544 e. The lowest BCUT2D eigenvalue weighted by molar-refractivity contribution is -0.00521. The molecule has 0 bridgehead atoms. The molecule has 0 amide bonds. The molecule has 1 aliphatic carbocycles. The molecule has 13 heavy (non-hydrogen) atoms. The number of aliphatic hydroxyl groups is 2. The van der Waals surface area contributed by atoms with Crippen molar-refractivity contribution in [3.8, 4) is 0 Å². The van der Waals surface area contributed by atoms with E-state index in [2.05, 4.69) is 0 Å². The van der Waals surface area contributed by atoms with Gasteiger partial charge >= 0.3 is 0 Å². The van der Waals surface area contributed by atoms with Crippen molar-refractivity contribution in [3.63, 3.8) is 0 Å². The third-order valence-electron chi connectivity index (χ3n) is 3.23. The molecule has 1 aliphatic rings. The second-order valence-corrected chi connectivity index (χ2v) is 4.38. The van der Waals surface area contributed by atoms with Crippen LogP contribution in [-0.4, -0.2) is 28.5 Å². The van der Waals surface area contributed by atoms with Crippen molar-refractivity contribution in [2.24, 2.45) is 17.6 Å². The normalized spacial score (nSPS) is 39.9. The zero-order valence-electron chi connectivity index (χ0n) is 8.48. The number of nitrogens with two attached hydrogens (primary N) is 1. The topological polar surface area (TPSA) is 66.5 Å². The van der Waals surface area contributed by atoms with Gasteiger partial charge in [0.15, 0.2) is 0 Å². The Hall–Kier alpha value is -0.120. The second-order valence-electron chi connectivity index (χ2n) is 4.38. The van der Waals surface area contributed by atoms with Gasteiger partial charge in [-0.25, -0.2) is 0 Å². The smallest absolute Gasteiger partial charge is 0.0544 e. The molecule has 5 unspecified atom stereocenters. The van der Waals surface area contributed by atoms with Crippen LogP contribution in [0.3, 0.4) is 0 Å². The van der Waals surface area contributed by atoms with Gasteiger partial charge in [-0.3, -0.25) is 0 Å². The van der Waals surface area contributed by atoms with E-state index in [1.807, 2.05) is 0 Å². The van der Waals surface area contributed by atoms with Crippen molar-refractivity contribution in [1.29, 1.82) is 0 Å².